The first-order chi connectivity index (χ1) is 8.94. The molecule has 0 fully saturated rings. The van der Waals surface area contributed by atoms with E-state index in [1.807, 2.05) is 0 Å². The number of nitrogens with two attached hydrogens (primary N) is 1. The molecule has 0 aliphatic rings. The summed E-state index contributed by atoms with van der Waals surface area (Å²) in [4.78, 5) is -0.0458. The van der Waals surface area contributed by atoms with Gasteiger partial charge >= 0.3 is 0 Å². The number of rotatable bonds is 4. The molecule has 0 aliphatic carbocycles. The molecule has 0 unspecified atom stereocenters. The van der Waals surface area contributed by atoms with Gasteiger partial charge in [-0.15, -0.1) is 0 Å². The topological polar surface area (TPSA) is 90.0 Å². The van der Waals surface area contributed by atoms with Gasteiger partial charge in [0.2, 0.25) is 0 Å². The SMILES string of the molecule is Cn1nccc1NS(=O)(=O)c1ccc(F)c(CN)c1. The lowest BCUT2D eigenvalue weighted by Crippen LogP contribution is -2.16. The number of aromatic nitrogens is 2. The van der Waals surface area contributed by atoms with E-state index in [1.165, 1.54) is 29.1 Å². The van der Waals surface area contributed by atoms with E-state index in [2.05, 4.69) is 9.82 Å². The Morgan fingerprint density at radius 2 is 2.16 bits per heavy atom. The van der Waals surface area contributed by atoms with Crippen molar-refractivity contribution in [3.8, 4) is 0 Å². The molecule has 102 valence electrons. The first-order valence-electron chi connectivity index (χ1n) is 5.43. The summed E-state index contributed by atoms with van der Waals surface area (Å²) in [5, 5.41) is 3.85. The van der Waals surface area contributed by atoms with Gasteiger partial charge in [-0.05, 0) is 18.2 Å². The van der Waals surface area contributed by atoms with Gasteiger partial charge in [0, 0.05) is 25.2 Å². The number of sulfonamides is 1. The monoisotopic (exact) mass is 284 g/mol. The third-order valence-corrected chi connectivity index (χ3v) is 3.96. The summed E-state index contributed by atoms with van der Waals surface area (Å²) in [6.45, 7) is -0.0685. The number of nitrogens with zero attached hydrogens (tertiary/aromatic N) is 2. The Hall–Kier alpha value is -1.93. The molecule has 2 rings (SSSR count). The van der Waals surface area contributed by atoms with E-state index in [0.29, 0.717) is 5.82 Å². The van der Waals surface area contributed by atoms with Crippen molar-refractivity contribution in [3.63, 3.8) is 0 Å². The minimum Gasteiger partial charge on any atom is -0.326 e. The minimum atomic E-state index is -3.79. The summed E-state index contributed by atoms with van der Waals surface area (Å²) in [7, 11) is -2.18. The molecule has 1 aromatic heterocycles. The highest BCUT2D eigenvalue weighted by atomic mass is 32.2. The zero-order chi connectivity index (χ0) is 14.0. The number of nitrogens with one attached hydrogen (secondary N) is 1. The van der Waals surface area contributed by atoms with E-state index in [0.717, 1.165) is 6.07 Å². The molecule has 0 spiro atoms. The summed E-state index contributed by atoms with van der Waals surface area (Å²) in [6.07, 6.45) is 1.47. The maximum Gasteiger partial charge on any atom is 0.263 e. The van der Waals surface area contributed by atoms with Gasteiger partial charge in [-0.25, -0.2) is 12.8 Å². The largest absolute Gasteiger partial charge is 0.326 e. The molecule has 19 heavy (non-hydrogen) atoms. The second kappa shape index (κ2) is 4.98. The van der Waals surface area contributed by atoms with Crippen molar-refractivity contribution in [1.82, 2.24) is 9.78 Å². The summed E-state index contributed by atoms with van der Waals surface area (Å²) in [5.41, 5.74) is 5.50. The molecule has 0 amide bonds. The maximum atomic E-state index is 13.3. The smallest absolute Gasteiger partial charge is 0.263 e. The van der Waals surface area contributed by atoms with Crippen LogP contribution < -0.4 is 10.5 Å². The third-order valence-electron chi connectivity index (χ3n) is 2.61. The molecule has 0 saturated heterocycles. The van der Waals surface area contributed by atoms with Crippen molar-refractivity contribution in [2.75, 3.05) is 4.72 Å². The van der Waals surface area contributed by atoms with Gasteiger partial charge in [0.25, 0.3) is 10.0 Å². The number of hydrogen-bond acceptors (Lipinski definition) is 4. The van der Waals surface area contributed by atoms with Crippen LogP contribution in [-0.2, 0) is 23.6 Å². The number of benzene rings is 1. The molecular formula is C11H13FN4O2S. The minimum absolute atomic E-state index is 0.0458. The molecule has 6 nitrogen and oxygen atoms in total. The highest BCUT2D eigenvalue weighted by Gasteiger charge is 2.17. The summed E-state index contributed by atoms with van der Waals surface area (Å²) in [5.74, 6) is -0.208. The second-order valence-electron chi connectivity index (χ2n) is 3.90. The highest BCUT2D eigenvalue weighted by molar-refractivity contribution is 7.92. The van der Waals surface area contributed by atoms with Crippen LogP contribution in [0.1, 0.15) is 5.56 Å². The van der Waals surface area contributed by atoms with Gasteiger partial charge in [0.1, 0.15) is 11.6 Å². The van der Waals surface area contributed by atoms with Crippen LogP contribution in [0.4, 0.5) is 10.2 Å². The van der Waals surface area contributed by atoms with Gasteiger partial charge in [0.05, 0.1) is 11.1 Å². The summed E-state index contributed by atoms with van der Waals surface area (Å²) >= 11 is 0. The van der Waals surface area contributed by atoms with Crippen LogP contribution in [-0.4, -0.2) is 18.2 Å². The van der Waals surface area contributed by atoms with Gasteiger partial charge in [-0.1, -0.05) is 0 Å². The average Bonchev–Trinajstić information content (AvgIpc) is 2.74. The van der Waals surface area contributed by atoms with Gasteiger partial charge < -0.3 is 5.73 Å². The Bertz CT molecular complexity index is 696. The normalized spacial score (nSPS) is 11.5. The van der Waals surface area contributed by atoms with Gasteiger partial charge in [0.15, 0.2) is 0 Å². The van der Waals surface area contributed by atoms with Crippen molar-refractivity contribution in [1.29, 1.82) is 0 Å². The lowest BCUT2D eigenvalue weighted by molar-refractivity contribution is 0.595. The van der Waals surface area contributed by atoms with Crippen molar-refractivity contribution < 1.29 is 12.8 Å². The number of hydrogen-bond donors (Lipinski definition) is 2. The number of anilines is 1. The molecule has 2 aromatic rings. The van der Waals surface area contributed by atoms with E-state index in [-0.39, 0.29) is 17.0 Å². The van der Waals surface area contributed by atoms with Crippen LogP contribution in [0, 0.1) is 5.82 Å². The molecule has 1 heterocycles. The standard InChI is InChI=1S/C11H13FN4O2S/c1-16-11(4-5-14-16)15-19(17,18)9-2-3-10(12)8(6-9)7-13/h2-6,15H,7,13H2,1H3. The Morgan fingerprint density at radius 1 is 1.42 bits per heavy atom. The molecule has 3 N–H and O–H groups in total. The molecule has 0 bridgehead atoms. The van der Waals surface area contributed by atoms with E-state index >= 15 is 0 Å². The van der Waals surface area contributed by atoms with Crippen LogP contribution in [0.15, 0.2) is 35.4 Å². The summed E-state index contributed by atoms with van der Waals surface area (Å²) < 4.78 is 41.3. The van der Waals surface area contributed by atoms with Crippen LogP contribution in [0.5, 0.6) is 0 Å². The van der Waals surface area contributed by atoms with Crippen molar-refractivity contribution in [2.24, 2.45) is 12.8 Å². The van der Waals surface area contributed by atoms with Crippen LogP contribution in [0.3, 0.4) is 0 Å². The van der Waals surface area contributed by atoms with Crippen molar-refractivity contribution in [3.05, 3.63) is 41.8 Å². The second-order valence-corrected chi connectivity index (χ2v) is 5.59. The molecule has 1 aromatic carbocycles. The molecule has 8 heteroatoms. The Kier molecular flexibility index (Phi) is 3.54. The molecule has 0 saturated carbocycles. The quantitative estimate of drug-likeness (QED) is 0.869. The van der Waals surface area contributed by atoms with Crippen LogP contribution >= 0.6 is 0 Å². The molecular weight excluding hydrogens is 271 g/mol. The zero-order valence-electron chi connectivity index (χ0n) is 10.2. The lowest BCUT2D eigenvalue weighted by atomic mass is 10.2. The van der Waals surface area contributed by atoms with Crippen molar-refractivity contribution in [2.45, 2.75) is 11.4 Å². The molecule has 0 atom stereocenters. The van der Waals surface area contributed by atoms with Crippen LogP contribution in [0.25, 0.3) is 0 Å². The van der Waals surface area contributed by atoms with Crippen LogP contribution in [0.2, 0.25) is 0 Å². The number of halogens is 1. The zero-order valence-corrected chi connectivity index (χ0v) is 11.0. The molecule has 0 radical (unpaired) electrons. The summed E-state index contributed by atoms with van der Waals surface area (Å²) in [6, 6.07) is 5.01. The highest BCUT2D eigenvalue weighted by Crippen LogP contribution is 2.18. The fraction of sp³-hybridized carbons (Fsp3) is 0.182. The predicted molar refractivity (Wildman–Crippen MR) is 68.3 cm³/mol. The fourth-order valence-electron chi connectivity index (χ4n) is 1.55. The Labute approximate surface area is 110 Å². The van der Waals surface area contributed by atoms with Gasteiger partial charge in [-0.3, -0.25) is 9.40 Å². The maximum absolute atomic E-state index is 13.3. The first kappa shape index (κ1) is 13.5. The Morgan fingerprint density at radius 3 is 2.74 bits per heavy atom. The first-order valence-corrected chi connectivity index (χ1v) is 6.91. The Balaban J connectivity index is 2.37. The van der Waals surface area contributed by atoms with Crippen molar-refractivity contribution >= 4 is 15.8 Å². The van der Waals surface area contributed by atoms with E-state index in [9.17, 15) is 12.8 Å². The van der Waals surface area contributed by atoms with E-state index in [4.69, 9.17) is 5.73 Å². The van der Waals surface area contributed by atoms with Gasteiger partial charge in [-0.2, -0.15) is 5.10 Å². The van der Waals surface area contributed by atoms with E-state index < -0.39 is 15.8 Å². The third kappa shape index (κ3) is 2.74. The van der Waals surface area contributed by atoms with E-state index in [1.54, 1.807) is 7.05 Å². The predicted octanol–water partition coefficient (Wildman–Crippen LogP) is 0.819. The average molecular weight is 284 g/mol. The fourth-order valence-corrected chi connectivity index (χ4v) is 2.68. The number of aryl methyl sites for hydroxylation is 1. The lowest BCUT2D eigenvalue weighted by Gasteiger charge is -2.09. The molecule has 0 aliphatic heterocycles.